The lowest BCUT2D eigenvalue weighted by Gasteiger charge is -2.22. The fourth-order valence-electron chi connectivity index (χ4n) is 4.06. The predicted octanol–water partition coefficient (Wildman–Crippen LogP) is 7.31. The highest BCUT2D eigenvalue weighted by molar-refractivity contribution is 6.32. The summed E-state index contributed by atoms with van der Waals surface area (Å²) in [6, 6.07) is 18.7. The molecule has 0 aliphatic rings. The molecule has 0 atom stereocenters. The van der Waals surface area contributed by atoms with Gasteiger partial charge in [-0.2, -0.15) is 0 Å². The molecular weight excluding hydrogens is 497 g/mol. The van der Waals surface area contributed by atoms with Crippen molar-refractivity contribution in [3.05, 3.63) is 105 Å². The van der Waals surface area contributed by atoms with Gasteiger partial charge in [0.15, 0.2) is 0 Å². The van der Waals surface area contributed by atoms with Crippen molar-refractivity contribution in [1.29, 1.82) is 0 Å². The fraction of sp³-hybridized carbons (Fsp3) is 0.214. The number of carboxylic acid groups (broad SMARTS) is 1. The summed E-state index contributed by atoms with van der Waals surface area (Å²) in [6.45, 7) is 5.30. The van der Waals surface area contributed by atoms with Gasteiger partial charge in [0.1, 0.15) is 17.3 Å². The zero-order chi connectivity index (χ0) is 25.7. The number of pyridine rings is 1. The maximum atomic E-state index is 12.0. The number of aryl methyl sites for hydroxylation is 3. The minimum atomic E-state index is -0.991. The highest BCUT2D eigenvalue weighted by Gasteiger charge is 2.19. The molecule has 2 heterocycles. The van der Waals surface area contributed by atoms with E-state index in [1.54, 1.807) is 16.8 Å². The Bertz CT molecular complexity index is 1330. The number of hydrogen-bond donors (Lipinski definition) is 1. The maximum absolute atomic E-state index is 12.0. The van der Waals surface area contributed by atoms with E-state index in [9.17, 15) is 9.90 Å². The van der Waals surface area contributed by atoms with E-state index in [2.05, 4.69) is 4.98 Å². The van der Waals surface area contributed by atoms with Crippen molar-refractivity contribution in [2.75, 3.05) is 11.5 Å². The van der Waals surface area contributed by atoms with Gasteiger partial charge < -0.3 is 19.3 Å². The summed E-state index contributed by atoms with van der Waals surface area (Å²) in [7, 11) is 0. The summed E-state index contributed by atoms with van der Waals surface area (Å²) in [5, 5.41) is 11.2. The number of nitrogens with zero attached hydrogens (tertiary/aromatic N) is 3. The van der Waals surface area contributed by atoms with Crippen LogP contribution in [-0.2, 0) is 13.1 Å². The summed E-state index contributed by atoms with van der Waals surface area (Å²) < 4.78 is 7.65. The third kappa shape index (κ3) is 6.20. The molecule has 4 aromatic rings. The molecule has 0 saturated carbocycles. The first-order chi connectivity index (χ1) is 17.3. The van der Waals surface area contributed by atoms with Gasteiger partial charge in [0.2, 0.25) is 0 Å². The highest BCUT2D eigenvalue weighted by atomic mass is 35.5. The van der Waals surface area contributed by atoms with Crippen LogP contribution < -0.4 is 9.64 Å². The van der Waals surface area contributed by atoms with Crippen LogP contribution in [0.3, 0.4) is 0 Å². The van der Waals surface area contributed by atoms with Crippen LogP contribution in [0.2, 0.25) is 10.0 Å². The topological polar surface area (TPSA) is 67.6 Å². The maximum Gasteiger partial charge on any atom is 0.352 e. The van der Waals surface area contributed by atoms with Crippen molar-refractivity contribution in [2.45, 2.75) is 33.4 Å². The van der Waals surface area contributed by atoms with Crippen LogP contribution in [0.1, 0.15) is 33.6 Å². The van der Waals surface area contributed by atoms with Gasteiger partial charge in [-0.05, 0) is 79.4 Å². The molecule has 36 heavy (non-hydrogen) atoms. The third-order valence-corrected chi connectivity index (χ3v) is 6.62. The summed E-state index contributed by atoms with van der Waals surface area (Å²) >= 11 is 12.4. The van der Waals surface area contributed by atoms with Gasteiger partial charge in [0, 0.05) is 35.5 Å². The van der Waals surface area contributed by atoms with Gasteiger partial charge in [-0.3, -0.25) is 0 Å². The molecule has 4 rings (SSSR count). The van der Waals surface area contributed by atoms with E-state index in [-0.39, 0.29) is 5.69 Å². The molecule has 0 aliphatic heterocycles. The van der Waals surface area contributed by atoms with Gasteiger partial charge in [-0.15, -0.1) is 0 Å². The average Bonchev–Trinajstić information content (AvgIpc) is 3.28. The Morgan fingerprint density at radius 1 is 1.06 bits per heavy atom. The standard InChI is InChI=1S/C28H27Cl2N3O3/c1-19-13-24(14-20(2)27(19)30)36-12-6-11-32-18-23(16-25(32)28(34)35)33(26-9-3-4-10-31-26)17-21-7-5-8-22(29)15-21/h3-5,7-10,13-16,18H,6,11-12,17H2,1-2H3,(H,34,35). The number of anilines is 2. The number of halogens is 2. The van der Waals surface area contributed by atoms with Crippen molar-refractivity contribution < 1.29 is 14.6 Å². The average molecular weight is 524 g/mol. The summed E-state index contributed by atoms with van der Waals surface area (Å²) in [4.78, 5) is 18.5. The van der Waals surface area contributed by atoms with Gasteiger partial charge in [0.25, 0.3) is 0 Å². The molecule has 2 aromatic heterocycles. The molecule has 8 heteroatoms. The molecule has 0 radical (unpaired) electrons. The second-order valence-electron chi connectivity index (χ2n) is 8.56. The first kappa shape index (κ1) is 25.6. The van der Waals surface area contributed by atoms with Crippen molar-refractivity contribution in [1.82, 2.24) is 9.55 Å². The van der Waals surface area contributed by atoms with Crippen molar-refractivity contribution in [3.8, 4) is 5.75 Å². The van der Waals surface area contributed by atoms with Crippen LogP contribution in [0.15, 0.2) is 73.1 Å². The molecule has 186 valence electrons. The molecular formula is C28H27Cl2N3O3. The van der Waals surface area contributed by atoms with Gasteiger partial charge in [0.05, 0.1) is 12.3 Å². The van der Waals surface area contributed by atoms with Crippen molar-refractivity contribution in [3.63, 3.8) is 0 Å². The van der Waals surface area contributed by atoms with Crippen LogP contribution in [0.25, 0.3) is 0 Å². The Morgan fingerprint density at radius 2 is 1.83 bits per heavy atom. The van der Waals surface area contributed by atoms with E-state index in [0.29, 0.717) is 37.0 Å². The molecule has 0 bridgehead atoms. The van der Waals surface area contributed by atoms with Crippen LogP contribution in [-0.4, -0.2) is 27.2 Å². The summed E-state index contributed by atoms with van der Waals surface area (Å²) in [6.07, 6.45) is 4.19. The summed E-state index contributed by atoms with van der Waals surface area (Å²) in [5.41, 5.74) is 3.85. The normalized spacial score (nSPS) is 10.9. The molecule has 1 N–H and O–H groups in total. The lowest BCUT2D eigenvalue weighted by atomic mass is 10.1. The third-order valence-electron chi connectivity index (χ3n) is 5.79. The Labute approximate surface area is 220 Å². The second kappa shape index (κ2) is 11.5. The second-order valence-corrected chi connectivity index (χ2v) is 9.37. The van der Waals surface area contributed by atoms with E-state index in [0.717, 1.165) is 33.1 Å². The zero-order valence-electron chi connectivity index (χ0n) is 20.1. The van der Waals surface area contributed by atoms with Crippen LogP contribution in [0.5, 0.6) is 5.75 Å². The molecule has 0 aliphatic carbocycles. The van der Waals surface area contributed by atoms with Gasteiger partial charge >= 0.3 is 5.97 Å². The lowest BCUT2D eigenvalue weighted by molar-refractivity contribution is 0.0684. The molecule has 0 amide bonds. The fourth-order valence-corrected chi connectivity index (χ4v) is 4.38. The SMILES string of the molecule is Cc1cc(OCCCn2cc(N(Cc3cccc(Cl)c3)c3ccccn3)cc2C(=O)O)cc(C)c1Cl. The van der Waals surface area contributed by atoms with Crippen molar-refractivity contribution in [2.24, 2.45) is 0 Å². The monoisotopic (exact) mass is 523 g/mol. The van der Waals surface area contributed by atoms with E-state index >= 15 is 0 Å². The number of ether oxygens (including phenoxy) is 1. The smallest absolute Gasteiger partial charge is 0.352 e. The number of carboxylic acids is 1. The number of aromatic nitrogens is 2. The largest absolute Gasteiger partial charge is 0.494 e. The molecule has 2 aromatic carbocycles. The number of rotatable bonds is 10. The molecule has 0 spiro atoms. The quantitative estimate of drug-likeness (QED) is 0.220. The lowest BCUT2D eigenvalue weighted by Crippen LogP contribution is -2.17. The van der Waals surface area contributed by atoms with E-state index in [4.69, 9.17) is 27.9 Å². The number of benzene rings is 2. The Balaban J connectivity index is 1.53. The number of aromatic carboxylic acids is 1. The first-order valence-electron chi connectivity index (χ1n) is 11.6. The van der Waals surface area contributed by atoms with Crippen LogP contribution >= 0.6 is 23.2 Å². The first-order valence-corrected chi connectivity index (χ1v) is 12.3. The minimum absolute atomic E-state index is 0.204. The predicted molar refractivity (Wildman–Crippen MR) is 144 cm³/mol. The zero-order valence-corrected chi connectivity index (χ0v) is 21.6. The Morgan fingerprint density at radius 3 is 2.50 bits per heavy atom. The minimum Gasteiger partial charge on any atom is -0.494 e. The highest BCUT2D eigenvalue weighted by Crippen LogP contribution is 2.29. The van der Waals surface area contributed by atoms with Crippen molar-refractivity contribution >= 4 is 40.7 Å². The van der Waals surface area contributed by atoms with Crippen LogP contribution in [0, 0.1) is 13.8 Å². The molecule has 0 saturated heterocycles. The van der Waals surface area contributed by atoms with E-state index in [1.807, 2.05) is 79.5 Å². The number of carbonyl (C=O) groups is 1. The summed E-state index contributed by atoms with van der Waals surface area (Å²) in [5.74, 6) is 0.474. The van der Waals surface area contributed by atoms with Gasteiger partial charge in [-0.1, -0.05) is 41.4 Å². The number of hydrogen-bond acceptors (Lipinski definition) is 4. The van der Waals surface area contributed by atoms with Crippen LogP contribution in [0.4, 0.5) is 11.5 Å². The van der Waals surface area contributed by atoms with Gasteiger partial charge in [-0.25, -0.2) is 9.78 Å². The molecule has 0 unspecified atom stereocenters. The van der Waals surface area contributed by atoms with E-state index in [1.165, 1.54) is 0 Å². The molecule has 6 nitrogen and oxygen atoms in total. The van der Waals surface area contributed by atoms with E-state index < -0.39 is 5.97 Å². The Kier molecular flexibility index (Phi) is 8.18. The Hall–Kier alpha value is -3.48. The molecule has 0 fully saturated rings.